The number of nitrogens with zero attached hydrogens (tertiary/aromatic N) is 1. The number of amides is 2. The zero-order valence-electron chi connectivity index (χ0n) is 21.3. The average molecular weight is 523 g/mol. The van der Waals surface area contributed by atoms with Gasteiger partial charge in [0.1, 0.15) is 5.76 Å². The molecule has 0 aliphatic heterocycles. The van der Waals surface area contributed by atoms with E-state index in [1.54, 1.807) is 0 Å². The predicted molar refractivity (Wildman–Crippen MR) is 136 cm³/mol. The molecular weight excluding hydrogens is 488 g/mol. The molecular formula is C24H34N2O7SSi. The van der Waals surface area contributed by atoms with E-state index in [2.05, 4.69) is 39.2 Å². The van der Waals surface area contributed by atoms with Crippen molar-refractivity contribution in [2.75, 3.05) is 19.0 Å². The molecule has 1 aromatic heterocycles. The van der Waals surface area contributed by atoms with Crippen molar-refractivity contribution in [1.29, 1.82) is 0 Å². The van der Waals surface area contributed by atoms with Crippen molar-refractivity contribution in [1.82, 2.24) is 4.31 Å². The minimum Gasteiger partial charge on any atom is -0.428 e. The minimum atomic E-state index is -4.12. The molecule has 0 saturated heterocycles. The Morgan fingerprint density at radius 1 is 1.09 bits per heavy atom. The highest BCUT2D eigenvalue weighted by Crippen LogP contribution is 2.36. The zero-order chi connectivity index (χ0) is 26.6. The van der Waals surface area contributed by atoms with E-state index in [0.29, 0.717) is 27.9 Å². The van der Waals surface area contributed by atoms with Gasteiger partial charge in [-0.25, -0.2) is 17.5 Å². The zero-order valence-corrected chi connectivity index (χ0v) is 23.1. The minimum absolute atomic E-state index is 0.0146. The highest BCUT2D eigenvalue weighted by Gasteiger charge is 2.37. The van der Waals surface area contributed by atoms with Crippen LogP contribution in [0.25, 0.3) is 0 Å². The lowest BCUT2D eigenvalue weighted by Crippen LogP contribution is -2.41. The van der Waals surface area contributed by atoms with Gasteiger partial charge in [0.25, 0.3) is 10.0 Å². The number of nitrogens with one attached hydrogen (secondary N) is 1. The van der Waals surface area contributed by atoms with Crippen LogP contribution in [0.5, 0.6) is 0 Å². The number of carbonyl (C=O) groups is 2. The molecule has 2 amide bonds. The van der Waals surface area contributed by atoms with Gasteiger partial charge in [-0.1, -0.05) is 20.8 Å². The van der Waals surface area contributed by atoms with Gasteiger partial charge in [-0.2, -0.15) is 0 Å². The summed E-state index contributed by atoms with van der Waals surface area (Å²) in [7, 11) is -4.95. The van der Waals surface area contributed by atoms with Crippen molar-refractivity contribution >= 4 is 35.8 Å². The van der Waals surface area contributed by atoms with Crippen LogP contribution in [0, 0.1) is 0 Å². The first-order valence-electron chi connectivity index (χ1n) is 11.2. The van der Waals surface area contributed by atoms with Crippen LogP contribution < -0.4 is 10.9 Å². The van der Waals surface area contributed by atoms with Crippen LogP contribution in [-0.2, 0) is 36.9 Å². The molecule has 0 unspecified atom stereocenters. The molecule has 1 heterocycles. The molecule has 9 nitrogen and oxygen atoms in total. The van der Waals surface area contributed by atoms with E-state index >= 15 is 0 Å². The first-order chi connectivity index (χ1) is 16.0. The van der Waals surface area contributed by atoms with Gasteiger partial charge in [0, 0.05) is 44.3 Å². The van der Waals surface area contributed by atoms with Crippen molar-refractivity contribution in [3.8, 4) is 0 Å². The van der Waals surface area contributed by atoms with Crippen LogP contribution in [0.4, 0.5) is 5.69 Å². The van der Waals surface area contributed by atoms with Crippen molar-refractivity contribution in [2.45, 2.75) is 63.6 Å². The fraction of sp³-hybridized carbons (Fsp3) is 0.458. The van der Waals surface area contributed by atoms with Crippen LogP contribution >= 0.6 is 0 Å². The van der Waals surface area contributed by atoms with Crippen LogP contribution in [0.1, 0.15) is 39.0 Å². The quantitative estimate of drug-likeness (QED) is 0.500. The van der Waals surface area contributed by atoms with Crippen molar-refractivity contribution in [3.05, 3.63) is 58.1 Å². The summed E-state index contributed by atoms with van der Waals surface area (Å²) in [6, 6.07) is 8.20. The summed E-state index contributed by atoms with van der Waals surface area (Å²) < 4.78 is 38.0. The average Bonchev–Trinajstić information content (AvgIpc) is 2.74. The van der Waals surface area contributed by atoms with Crippen LogP contribution in [0.3, 0.4) is 0 Å². The lowest BCUT2D eigenvalue weighted by molar-refractivity contribution is -0.125. The molecule has 0 saturated carbocycles. The summed E-state index contributed by atoms with van der Waals surface area (Å²) in [6.45, 7) is 12.2. The Morgan fingerprint density at radius 2 is 1.69 bits per heavy atom. The van der Waals surface area contributed by atoms with Gasteiger partial charge in [-0.3, -0.25) is 9.59 Å². The standard InChI is InChI=1S/C24H34N2O7SSi/c1-17(27)25-19-9-11-20(12-10-19)34(30,31)26(5)22(28)16-18-8-13-23(29)33-21(18)14-15-32-35(6,7)24(2,3)4/h8-13H,14-16H2,1-7H3,(H,25,27). The van der Waals surface area contributed by atoms with Gasteiger partial charge in [0.05, 0.1) is 11.3 Å². The number of sulfonamides is 1. The van der Waals surface area contributed by atoms with Gasteiger partial charge in [0.2, 0.25) is 11.8 Å². The number of rotatable bonds is 9. The third-order valence-corrected chi connectivity index (χ3v) is 12.5. The van der Waals surface area contributed by atoms with Gasteiger partial charge < -0.3 is 14.2 Å². The summed E-state index contributed by atoms with van der Waals surface area (Å²) in [4.78, 5) is 35.8. The molecule has 0 fully saturated rings. The Morgan fingerprint density at radius 3 is 2.23 bits per heavy atom. The first-order valence-corrected chi connectivity index (χ1v) is 15.5. The van der Waals surface area contributed by atoms with Gasteiger partial charge >= 0.3 is 5.63 Å². The second-order valence-electron chi connectivity index (χ2n) is 9.81. The topological polar surface area (TPSA) is 123 Å². The number of hydrogen-bond acceptors (Lipinski definition) is 7. The van der Waals surface area contributed by atoms with Gasteiger partial charge in [-0.15, -0.1) is 0 Å². The van der Waals surface area contributed by atoms with E-state index in [1.807, 2.05) is 0 Å². The van der Waals surface area contributed by atoms with E-state index < -0.39 is 29.9 Å². The smallest absolute Gasteiger partial charge is 0.335 e. The van der Waals surface area contributed by atoms with E-state index in [4.69, 9.17) is 8.84 Å². The monoisotopic (exact) mass is 522 g/mol. The fourth-order valence-corrected chi connectivity index (χ4v) is 5.12. The molecule has 0 aliphatic carbocycles. The van der Waals surface area contributed by atoms with Crippen molar-refractivity contribution in [2.24, 2.45) is 0 Å². The Labute approximate surface area is 207 Å². The van der Waals surface area contributed by atoms with E-state index in [0.717, 1.165) is 0 Å². The maximum Gasteiger partial charge on any atom is 0.335 e. The Kier molecular flexibility index (Phi) is 8.85. The normalized spacial score (nSPS) is 12.3. The molecule has 1 N–H and O–H groups in total. The Balaban J connectivity index is 2.17. The third-order valence-electron chi connectivity index (χ3n) is 6.13. The second kappa shape index (κ2) is 10.9. The molecule has 0 bridgehead atoms. The van der Waals surface area contributed by atoms with E-state index in [-0.39, 0.29) is 28.7 Å². The molecule has 0 spiro atoms. The molecule has 2 aromatic rings. The summed E-state index contributed by atoms with van der Waals surface area (Å²) in [6.07, 6.45) is 0.0190. The number of likely N-dealkylation sites (N-methyl/N-ethyl adjacent to an activating group) is 1. The first kappa shape index (κ1) is 28.5. The molecule has 2 rings (SSSR count). The number of benzene rings is 1. The highest BCUT2D eigenvalue weighted by atomic mass is 32.2. The molecule has 0 atom stereocenters. The summed E-state index contributed by atoms with van der Waals surface area (Å²) in [5, 5.41) is 2.57. The number of anilines is 1. The lowest BCUT2D eigenvalue weighted by Gasteiger charge is -2.36. The molecule has 11 heteroatoms. The van der Waals surface area contributed by atoms with E-state index in [1.165, 1.54) is 50.4 Å². The number of hydrogen-bond donors (Lipinski definition) is 1. The SMILES string of the molecule is CC(=O)Nc1ccc(S(=O)(=O)N(C)C(=O)Cc2ccc(=O)oc2CCO[Si](C)(C)C(C)(C)C)cc1. The van der Waals surface area contributed by atoms with Crippen LogP contribution in [-0.4, -0.2) is 46.5 Å². The summed E-state index contributed by atoms with van der Waals surface area (Å²) in [5.74, 6) is -0.667. The summed E-state index contributed by atoms with van der Waals surface area (Å²) >= 11 is 0. The fourth-order valence-electron chi connectivity index (χ4n) is 2.95. The Bertz CT molecular complexity index is 1230. The highest BCUT2D eigenvalue weighted by molar-refractivity contribution is 7.89. The second-order valence-corrected chi connectivity index (χ2v) is 16.6. The summed E-state index contributed by atoms with van der Waals surface area (Å²) in [5.41, 5.74) is 0.314. The molecule has 35 heavy (non-hydrogen) atoms. The Hall–Kier alpha value is -2.76. The van der Waals surface area contributed by atoms with Crippen molar-refractivity contribution < 1.29 is 26.9 Å². The molecule has 0 radical (unpaired) electrons. The maximum absolute atomic E-state index is 12.9. The number of carbonyl (C=O) groups excluding carboxylic acids is 2. The van der Waals surface area contributed by atoms with E-state index in [9.17, 15) is 22.8 Å². The molecule has 192 valence electrons. The molecule has 1 aromatic carbocycles. The van der Waals surface area contributed by atoms with Gasteiger partial charge in [0.15, 0.2) is 8.32 Å². The van der Waals surface area contributed by atoms with Crippen LogP contribution in [0.2, 0.25) is 18.1 Å². The largest absolute Gasteiger partial charge is 0.428 e. The predicted octanol–water partition coefficient (Wildman–Crippen LogP) is 3.55. The van der Waals surface area contributed by atoms with Gasteiger partial charge in [-0.05, 0) is 48.5 Å². The maximum atomic E-state index is 12.9. The third kappa shape index (κ3) is 7.36. The molecule has 0 aliphatic rings. The van der Waals surface area contributed by atoms with Crippen molar-refractivity contribution in [3.63, 3.8) is 0 Å². The van der Waals surface area contributed by atoms with Crippen LogP contribution in [0.15, 0.2) is 50.5 Å². The lowest BCUT2D eigenvalue weighted by atomic mass is 10.1.